The van der Waals surface area contributed by atoms with Crippen LogP contribution in [0, 0.1) is 5.82 Å². The van der Waals surface area contributed by atoms with E-state index in [0.29, 0.717) is 0 Å². The van der Waals surface area contributed by atoms with E-state index in [4.69, 9.17) is 5.73 Å². The maximum Gasteiger partial charge on any atom is 0.124 e. The van der Waals surface area contributed by atoms with Gasteiger partial charge in [-0.3, -0.25) is 0 Å². The third-order valence-corrected chi connectivity index (χ3v) is 5.13. The molecule has 2 N–H and O–H groups in total. The molecule has 1 aromatic carbocycles. The Balaban J connectivity index is 1.97. The summed E-state index contributed by atoms with van der Waals surface area (Å²) in [5.41, 5.74) is 7.20. The van der Waals surface area contributed by atoms with Crippen LogP contribution in [0.2, 0.25) is 0 Å². The minimum Gasteiger partial charge on any atom is -0.323 e. The van der Waals surface area contributed by atoms with E-state index < -0.39 is 0 Å². The predicted molar refractivity (Wildman–Crippen MR) is 76.1 cm³/mol. The fraction of sp³-hybridized carbons (Fsp3) is 0.167. The Bertz CT molecular complexity index is 501. The molecule has 0 spiro atoms. The van der Waals surface area contributed by atoms with Crippen LogP contribution in [0.4, 0.5) is 4.39 Å². The molecule has 1 heterocycles. The van der Waals surface area contributed by atoms with Crippen molar-refractivity contribution in [1.29, 1.82) is 0 Å². The summed E-state index contributed by atoms with van der Waals surface area (Å²) in [6.07, 6.45) is 0. The lowest BCUT2D eigenvalue weighted by molar-refractivity contribution is 0.624. The first-order chi connectivity index (χ1) is 8.16. The predicted octanol–water partition coefficient (Wildman–Crippen LogP) is 4.44. The number of hydrogen-bond acceptors (Lipinski definition) is 3. The van der Waals surface area contributed by atoms with Gasteiger partial charge in [0.15, 0.2) is 0 Å². The lowest BCUT2D eigenvalue weighted by Gasteiger charge is -2.10. The van der Waals surface area contributed by atoms with Gasteiger partial charge in [0.25, 0.3) is 0 Å². The van der Waals surface area contributed by atoms with Crippen molar-refractivity contribution in [1.82, 2.24) is 0 Å². The van der Waals surface area contributed by atoms with Crippen molar-refractivity contribution in [3.63, 3.8) is 0 Å². The van der Waals surface area contributed by atoms with Crippen LogP contribution in [0.3, 0.4) is 0 Å². The highest BCUT2D eigenvalue weighted by Gasteiger charge is 2.11. The van der Waals surface area contributed by atoms with Crippen molar-refractivity contribution in [2.45, 2.75) is 10.9 Å². The van der Waals surface area contributed by atoms with Crippen LogP contribution in [-0.4, -0.2) is 5.75 Å². The van der Waals surface area contributed by atoms with Crippen LogP contribution in [0.5, 0.6) is 0 Å². The van der Waals surface area contributed by atoms with E-state index in [9.17, 15) is 4.39 Å². The lowest BCUT2D eigenvalue weighted by atomic mass is 10.2. The van der Waals surface area contributed by atoms with Crippen LogP contribution in [0.25, 0.3) is 0 Å². The molecule has 1 unspecified atom stereocenters. The third kappa shape index (κ3) is 3.55. The Morgan fingerprint density at radius 2 is 2.24 bits per heavy atom. The van der Waals surface area contributed by atoms with Gasteiger partial charge in [-0.05, 0) is 45.1 Å². The van der Waals surface area contributed by atoms with Gasteiger partial charge < -0.3 is 5.73 Å². The molecule has 2 aromatic rings. The number of thioether (sulfide) groups is 1. The summed E-state index contributed by atoms with van der Waals surface area (Å²) >= 11 is 6.66. The van der Waals surface area contributed by atoms with Crippen LogP contribution in [0.15, 0.2) is 44.4 Å². The Labute approximate surface area is 116 Å². The molecule has 0 saturated heterocycles. The molecule has 0 aliphatic carbocycles. The van der Waals surface area contributed by atoms with Gasteiger partial charge in [0.2, 0.25) is 0 Å². The molecule has 0 radical (unpaired) electrons. The van der Waals surface area contributed by atoms with Crippen molar-refractivity contribution in [2.24, 2.45) is 5.73 Å². The molecule has 0 aliphatic rings. The zero-order chi connectivity index (χ0) is 12.3. The summed E-state index contributed by atoms with van der Waals surface area (Å²) < 4.78 is 14.0. The van der Waals surface area contributed by atoms with E-state index in [1.54, 1.807) is 29.2 Å². The molecule has 17 heavy (non-hydrogen) atoms. The number of halogens is 2. The van der Waals surface area contributed by atoms with E-state index in [1.165, 1.54) is 12.1 Å². The monoisotopic (exact) mass is 331 g/mol. The summed E-state index contributed by atoms with van der Waals surface area (Å²) in [6.45, 7) is 0. The summed E-state index contributed by atoms with van der Waals surface area (Å²) in [4.78, 5) is 0.909. The molecule has 1 nitrogen and oxygen atoms in total. The SMILES string of the molecule is NC(CSc1cccc(F)c1)c1cscc1Br. The fourth-order valence-corrected chi connectivity index (χ4v) is 3.97. The van der Waals surface area contributed by atoms with E-state index >= 15 is 0 Å². The Morgan fingerprint density at radius 3 is 2.88 bits per heavy atom. The van der Waals surface area contributed by atoms with Crippen molar-refractivity contribution >= 4 is 39.0 Å². The number of rotatable bonds is 4. The number of benzene rings is 1. The molecule has 0 fully saturated rings. The van der Waals surface area contributed by atoms with Gasteiger partial charge in [-0.2, -0.15) is 11.3 Å². The summed E-state index contributed by atoms with van der Waals surface area (Å²) in [6, 6.07) is 6.54. The van der Waals surface area contributed by atoms with Crippen molar-refractivity contribution in [3.8, 4) is 0 Å². The second-order valence-electron chi connectivity index (χ2n) is 3.55. The summed E-state index contributed by atoms with van der Waals surface area (Å²) in [7, 11) is 0. The first-order valence-electron chi connectivity index (χ1n) is 5.02. The molecule has 5 heteroatoms. The minimum absolute atomic E-state index is 0.0381. The fourth-order valence-electron chi connectivity index (χ4n) is 1.39. The van der Waals surface area contributed by atoms with Crippen LogP contribution in [-0.2, 0) is 0 Å². The van der Waals surface area contributed by atoms with Gasteiger partial charge in [-0.15, -0.1) is 11.8 Å². The zero-order valence-corrected chi connectivity index (χ0v) is 12.1. The quantitative estimate of drug-likeness (QED) is 0.838. The first kappa shape index (κ1) is 13.1. The second kappa shape index (κ2) is 6.00. The van der Waals surface area contributed by atoms with Crippen molar-refractivity contribution < 1.29 is 4.39 Å². The Hall–Kier alpha value is -0.360. The number of nitrogens with two attached hydrogens (primary N) is 1. The van der Waals surface area contributed by atoms with Gasteiger partial charge in [-0.25, -0.2) is 4.39 Å². The molecule has 1 atom stereocenters. The molecule has 90 valence electrons. The molecular formula is C12H11BrFNS2. The first-order valence-corrected chi connectivity index (χ1v) is 7.74. The third-order valence-electron chi connectivity index (χ3n) is 2.27. The van der Waals surface area contributed by atoms with Crippen molar-refractivity contribution in [3.05, 3.63) is 50.9 Å². The highest BCUT2D eigenvalue weighted by atomic mass is 79.9. The molecule has 0 saturated carbocycles. The van der Waals surface area contributed by atoms with Crippen molar-refractivity contribution in [2.75, 3.05) is 5.75 Å². The highest BCUT2D eigenvalue weighted by molar-refractivity contribution is 9.10. The zero-order valence-electron chi connectivity index (χ0n) is 8.90. The van der Waals surface area contributed by atoms with Gasteiger partial charge >= 0.3 is 0 Å². The maximum absolute atomic E-state index is 13.0. The van der Waals surface area contributed by atoms with Gasteiger partial charge in [-0.1, -0.05) is 6.07 Å². The summed E-state index contributed by atoms with van der Waals surface area (Å²) in [5.74, 6) is 0.527. The van der Waals surface area contributed by atoms with Crippen LogP contribution < -0.4 is 5.73 Å². The summed E-state index contributed by atoms with van der Waals surface area (Å²) in [5, 5.41) is 4.06. The molecule has 0 aliphatic heterocycles. The maximum atomic E-state index is 13.0. The highest BCUT2D eigenvalue weighted by Crippen LogP contribution is 2.30. The van der Waals surface area contributed by atoms with Gasteiger partial charge in [0.1, 0.15) is 5.82 Å². The van der Waals surface area contributed by atoms with Gasteiger partial charge in [0.05, 0.1) is 0 Å². The van der Waals surface area contributed by atoms with E-state index in [0.717, 1.165) is 20.7 Å². The molecule has 0 bridgehead atoms. The van der Waals surface area contributed by atoms with Crippen LogP contribution in [0.1, 0.15) is 11.6 Å². The standard InChI is InChI=1S/C12H11BrFNS2/c13-11-6-16-5-10(11)12(15)7-17-9-3-1-2-8(14)4-9/h1-6,12H,7,15H2. The lowest BCUT2D eigenvalue weighted by Crippen LogP contribution is -2.12. The molecule has 0 amide bonds. The van der Waals surface area contributed by atoms with E-state index in [2.05, 4.69) is 15.9 Å². The van der Waals surface area contributed by atoms with E-state index in [1.807, 2.05) is 16.8 Å². The normalized spacial score (nSPS) is 12.6. The molecule has 1 aromatic heterocycles. The minimum atomic E-state index is -0.208. The Morgan fingerprint density at radius 1 is 1.41 bits per heavy atom. The second-order valence-corrected chi connectivity index (χ2v) is 6.24. The number of hydrogen-bond donors (Lipinski definition) is 1. The topological polar surface area (TPSA) is 26.0 Å². The molecular weight excluding hydrogens is 321 g/mol. The van der Waals surface area contributed by atoms with Gasteiger partial charge in [0, 0.05) is 26.5 Å². The van der Waals surface area contributed by atoms with Crippen LogP contribution >= 0.6 is 39.0 Å². The Kier molecular flexibility index (Phi) is 4.62. The molecule has 2 rings (SSSR count). The number of thiophene rings is 1. The smallest absolute Gasteiger partial charge is 0.124 e. The van der Waals surface area contributed by atoms with E-state index in [-0.39, 0.29) is 11.9 Å². The average Bonchev–Trinajstić information content (AvgIpc) is 2.72. The largest absolute Gasteiger partial charge is 0.323 e. The average molecular weight is 332 g/mol.